The van der Waals surface area contributed by atoms with Gasteiger partial charge in [-0.2, -0.15) is 0 Å². The molecule has 4 amide bonds. The van der Waals surface area contributed by atoms with Crippen LogP contribution >= 0.6 is 0 Å². The summed E-state index contributed by atoms with van der Waals surface area (Å²) in [5, 5.41) is 5.80. The molecule has 3 rings (SSSR count). The van der Waals surface area contributed by atoms with Crippen molar-refractivity contribution in [2.45, 2.75) is 71.3 Å². The SMILES string of the molecule is CCC1CCC2(CC1)NC(=O)N(CC(=O)Nc1c(C)cccc1C(C)C)C2=O. The number of hydrogen-bond donors (Lipinski definition) is 2. The zero-order chi connectivity index (χ0) is 20.5. The molecule has 0 aromatic heterocycles. The third-order valence-electron chi connectivity index (χ3n) is 6.28. The summed E-state index contributed by atoms with van der Waals surface area (Å²) < 4.78 is 0. The summed E-state index contributed by atoms with van der Waals surface area (Å²) in [7, 11) is 0. The first-order chi connectivity index (χ1) is 13.3. The maximum atomic E-state index is 13.0. The van der Waals surface area contributed by atoms with E-state index in [1.54, 1.807) is 0 Å². The number of para-hydroxylation sites is 1. The maximum absolute atomic E-state index is 13.0. The van der Waals surface area contributed by atoms with Crippen LogP contribution in [0.2, 0.25) is 0 Å². The van der Waals surface area contributed by atoms with Crippen LogP contribution in [0.1, 0.15) is 69.9 Å². The number of nitrogens with one attached hydrogen (secondary N) is 2. The molecule has 2 N–H and O–H groups in total. The Morgan fingerprint density at radius 3 is 2.57 bits per heavy atom. The summed E-state index contributed by atoms with van der Waals surface area (Å²) in [4.78, 5) is 39.2. The molecule has 0 bridgehead atoms. The summed E-state index contributed by atoms with van der Waals surface area (Å²) in [6, 6.07) is 5.44. The van der Waals surface area contributed by atoms with Gasteiger partial charge in [0.05, 0.1) is 0 Å². The second-order valence-electron chi connectivity index (χ2n) is 8.50. The van der Waals surface area contributed by atoms with Crippen LogP contribution in [0.5, 0.6) is 0 Å². The molecular weight excluding hydrogens is 354 g/mol. The lowest BCUT2D eigenvalue weighted by Gasteiger charge is -2.34. The zero-order valence-electron chi connectivity index (χ0n) is 17.3. The van der Waals surface area contributed by atoms with Gasteiger partial charge in [-0.15, -0.1) is 0 Å². The van der Waals surface area contributed by atoms with E-state index in [0.29, 0.717) is 18.8 Å². The van der Waals surface area contributed by atoms with Crippen molar-refractivity contribution in [3.63, 3.8) is 0 Å². The van der Waals surface area contributed by atoms with E-state index in [9.17, 15) is 14.4 Å². The van der Waals surface area contributed by atoms with Crippen molar-refractivity contribution in [2.75, 3.05) is 11.9 Å². The number of imide groups is 1. The van der Waals surface area contributed by atoms with Crippen LogP contribution in [-0.4, -0.2) is 34.8 Å². The molecule has 1 aromatic rings. The first-order valence-corrected chi connectivity index (χ1v) is 10.3. The van der Waals surface area contributed by atoms with E-state index in [2.05, 4.69) is 31.4 Å². The molecule has 6 nitrogen and oxygen atoms in total. The number of benzene rings is 1. The van der Waals surface area contributed by atoms with E-state index in [0.717, 1.165) is 41.0 Å². The molecule has 6 heteroatoms. The summed E-state index contributed by atoms with van der Waals surface area (Å²) in [5.41, 5.74) is 1.97. The molecule has 152 valence electrons. The monoisotopic (exact) mass is 385 g/mol. The van der Waals surface area contributed by atoms with Gasteiger partial charge in [0.25, 0.3) is 5.91 Å². The highest BCUT2D eigenvalue weighted by atomic mass is 16.2. The van der Waals surface area contributed by atoms with E-state index in [1.165, 1.54) is 0 Å². The summed E-state index contributed by atoms with van der Waals surface area (Å²) >= 11 is 0. The van der Waals surface area contributed by atoms with Crippen molar-refractivity contribution in [3.8, 4) is 0 Å². The molecule has 1 saturated heterocycles. The van der Waals surface area contributed by atoms with Crippen molar-refractivity contribution in [1.29, 1.82) is 0 Å². The van der Waals surface area contributed by atoms with E-state index in [1.807, 2.05) is 25.1 Å². The smallest absolute Gasteiger partial charge is 0.324 e. The normalized spacial score (nSPS) is 24.8. The molecule has 1 aliphatic carbocycles. The van der Waals surface area contributed by atoms with Gasteiger partial charge in [0.2, 0.25) is 5.91 Å². The average molecular weight is 386 g/mol. The highest BCUT2D eigenvalue weighted by Gasteiger charge is 2.52. The molecule has 28 heavy (non-hydrogen) atoms. The van der Waals surface area contributed by atoms with Gasteiger partial charge in [0, 0.05) is 5.69 Å². The fourth-order valence-corrected chi connectivity index (χ4v) is 4.40. The number of rotatable bonds is 5. The van der Waals surface area contributed by atoms with E-state index >= 15 is 0 Å². The lowest BCUT2D eigenvalue weighted by molar-refractivity contribution is -0.135. The number of hydrogen-bond acceptors (Lipinski definition) is 3. The fraction of sp³-hybridized carbons (Fsp3) is 0.591. The minimum atomic E-state index is -0.811. The van der Waals surface area contributed by atoms with E-state index < -0.39 is 11.6 Å². The Morgan fingerprint density at radius 2 is 1.96 bits per heavy atom. The van der Waals surface area contributed by atoms with E-state index in [-0.39, 0.29) is 24.3 Å². The molecule has 1 spiro atoms. The van der Waals surface area contributed by atoms with Gasteiger partial charge in [-0.1, -0.05) is 45.4 Å². The molecule has 0 radical (unpaired) electrons. The van der Waals surface area contributed by atoms with Crippen molar-refractivity contribution < 1.29 is 14.4 Å². The van der Waals surface area contributed by atoms with Gasteiger partial charge < -0.3 is 10.6 Å². The summed E-state index contributed by atoms with van der Waals surface area (Å²) in [5.74, 6) is 0.266. The Labute approximate surface area is 167 Å². The first-order valence-electron chi connectivity index (χ1n) is 10.3. The molecular formula is C22H31N3O3. The third kappa shape index (κ3) is 3.77. The van der Waals surface area contributed by atoms with Crippen LogP contribution < -0.4 is 10.6 Å². The molecule has 0 atom stereocenters. The number of carbonyl (C=O) groups excluding carboxylic acids is 3. The zero-order valence-corrected chi connectivity index (χ0v) is 17.3. The topological polar surface area (TPSA) is 78.5 Å². The second kappa shape index (κ2) is 7.94. The van der Waals surface area contributed by atoms with Gasteiger partial charge in [-0.3, -0.25) is 14.5 Å². The molecule has 0 unspecified atom stereocenters. The molecule has 2 aliphatic rings. The Balaban J connectivity index is 1.70. The minimum absolute atomic E-state index is 0.254. The van der Waals surface area contributed by atoms with Gasteiger partial charge >= 0.3 is 6.03 Å². The molecule has 2 fully saturated rings. The number of nitrogens with zero attached hydrogens (tertiary/aromatic N) is 1. The van der Waals surface area contributed by atoms with Gasteiger partial charge in [-0.05, 0) is 55.6 Å². The van der Waals surface area contributed by atoms with Crippen molar-refractivity contribution in [2.24, 2.45) is 5.92 Å². The van der Waals surface area contributed by atoms with E-state index in [4.69, 9.17) is 0 Å². The number of aryl methyl sites for hydroxylation is 1. The highest BCUT2D eigenvalue weighted by Crippen LogP contribution is 2.37. The van der Waals surface area contributed by atoms with Crippen LogP contribution in [0, 0.1) is 12.8 Å². The van der Waals surface area contributed by atoms with Crippen molar-refractivity contribution >= 4 is 23.5 Å². The Hall–Kier alpha value is -2.37. The molecule has 1 aliphatic heterocycles. The maximum Gasteiger partial charge on any atom is 0.325 e. The van der Waals surface area contributed by atoms with Gasteiger partial charge in [-0.25, -0.2) is 4.79 Å². The third-order valence-corrected chi connectivity index (χ3v) is 6.28. The first kappa shape index (κ1) is 20.4. The number of anilines is 1. The average Bonchev–Trinajstić information content (AvgIpc) is 2.88. The van der Waals surface area contributed by atoms with Crippen LogP contribution in [0.4, 0.5) is 10.5 Å². The van der Waals surface area contributed by atoms with Gasteiger partial charge in [0.15, 0.2) is 0 Å². The Morgan fingerprint density at radius 1 is 1.29 bits per heavy atom. The van der Waals surface area contributed by atoms with Crippen LogP contribution in [-0.2, 0) is 9.59 Å². The summed E-state index contributed by atoms with van der Waals surface area (Å²) in [6.07, 6.45) is 4.28. The van der Waals surface area contributed by atoms with Gasteiger partial charge in [0.1, 0.15) is 12.1 Å². The van der Waals surface area contributed by atoms with Crippen LogP contribution in [0.15, 0.2) is 18.2 Å². The summed E-state index contributed by atoms with van der Waals surface area (Å²) in [6.45, 7) is 7.98. The molecule has 1 aromatic carbocycles. The lowest BCUT2D eigenvalue weighted by Crippen LogP contribution is -2.49. The number of carbonyl (C=O) groups is 3. The van der Waals surface area contributed by atoms with Crippen LogP contribution in [0.25, 0.3) is 0 Å². The number of urea groups is 1. The largest absolute Gasteiger partial charge is 0.325 e. The minimum Gasteiger partial charge on any atom is -0.324 e. The lowest BCUT2D eigenvalue weighted by atomic mass is 9.75. The standard InChI is InChI=1S/C22H31N3O3/c1-5-16-9-11-22(12-10-16)20(27)25(21(28)24-22)13-18(26)23-19-15(4)7-6-8-17(19)14(2)3/h6-8,14,16H,5,9-13H2,1-4H3,(H,23,26)(H,24,28). The molecule has 1 heterocycles. The predicted molar refractivity (Wildman–Crippen MR) is 109 cm³/mol. The second-order valence-corrected chi connectivity index (χ2v) is 8.50. The quantitative estimate of drug-likeness (QED) is 0.754. The van der Waals surface area contributed by atoms with Crippen molar-refractivity contribution in [3.05, 3.63) is 29.3 Å². The molecule has 1 saturated carbocycles. The van der Waals surface area contributed by atoms with Crippen molar-refractivity contribution in [1.82, 2.24) is 10.2 Å². The highest BCUT2D eigenvalue weighted by molar-refractivity contribution is 6.10. The Bertz CT molecular complexity index is 779. The Kier molecular flexibility index (Phi) is 5.77. The van der Waals surface area contributed by atoms with Crippen LogP contribution in [0.3, 0.4) is 0 Å². The predicted octanol–water partition coefficient (Wildman–Crippen LogP) is 3.95. The number of amides is 4. The fourth-order valence-electron chi connectivity index (χ4n) is 4.40.